The lowest BCUT2D eigenvalue weighted by molar-refractivity contribution is -0.117. The molecule has 0 saturated carbocycles. The molecule has 2 N–H and O–H groups in total. The molecule has 1 saturated heterocycles. The first-order chi connectivity index (χ1) is 13.1. The summed E-state index contributed by atoms with van der Waals surface area (Å²) in [5.74, 6) is 0.201. The third-order valence-electron chi connectivity index (χ3n) is 5.25. The van der Waals surface area contributed by atoms with Crippen LogP contribution in [-0.2, 0) is 11.3 Å². The van der Waals surface area contributed by atoms with Crippen LogP contribution < -0.4 is 15.8 Å². The van der Waals surface area contributed by atoms with Crippen molar-refractivity contribution >= 4 is 22.4 Å². The molecule has 1 fully saturated rings. The van der Waals surface area contributed by atoms with Crippen LogP contribution in [0.3, 0.4) is 0 Å². The van der Waals surface area contributed by atoms with E-state index in [-0.39, 0.29) is 17.5 Å². The Hall–Kier alpha value is -2.92. The molecule has 1 amide bonds. The minimum Gasteiger partial charge on any atom is -0.328 e. The molecule has 3 aromatic rings. The van der Waals surface area contributed by atoms with E-state index in [1.807, 2.05) is 41.3 Å². The number of H-pyrrole nitrogens is 1. The van der Waals surface area contributed by atoms with Crippen LogP contribution in [0.1, 0.15) is 36.9 Å². The Morgan fingerprint density at radius 2 is 1.93 bits per heavy atom. The van der Waals surface area contributed by atoms with E-state index < -0.39 is 0 Å². The molecule has 2 aromatic carbocycles. The summed E-state index contributed by atoms with van der Waals surface area (Å²) in [6, 6.07) is 15.9. The van der Waals surface area contributed by atoms with Crippen molar-refractivity contribution in [2.75, 3.05) is 11.4 Å². The van der Waals surface area contributed by atoms with Crippen molar-refractivity contribution in [3.05, 3.63) is 76.2 Å². The summed E-state index contributed by atoms with van der Waals surface area (Å²) in [6.45, 7) is 3.55. The maximum absolute atomic E-state index is 12.0. The molecule has 1 aliphatic heterocycles. The van der Waals surface area contributed by atoms with Crippen molar-refractivity contribution < 1.29 is 4.79 Å². The summed E-state index contributed by atoms with van der Waals surface area (Å²) >= 11 is 0. The van der Waals surface area contributed by atoms with Crippen molar-refractivity contribution in [2.45, 2.75) is 32.4 Å². The van der Waals surface area contributed by atoms with E-state index in [2.05, 4.69) is 29.4 Å². The van der Waals surface area contributed by atoms with E-state index in [0.717, 1.165) is 35.2 Å². The molecular formula is C22H23N3O2. The molecule has 0 spiro atoms. The predicted octanol–water partition coefficient (Wildman–Crippen LogP) is 3.51. The van der Waals surface area contributed by atoms with Gasteiger partial charge in [-0.1, -0.05) is 30.3 Å². The molecule has 1 aliphatic rings. The van der Waals surface area contributed by atoms with Crippen molar-refractivity contribution in [2.24, 2.45) is 0 Å². The number of anilines is 1. The van der Waals surface area contributed by atoms with Gasteiger partial charge in [0.1, 0.15) is 0 Å². The number of nitrogens with one attached hydrogen (secondary N) is 2. The summed E-state index contributed by atoms with van der Waals surface area (Å²) < 4.78 is 0. The second-order valence-corrected chi connectivity index (χ2v) is 7.04. The normalized spacial score (nSPS) is 15.4. The number of benzene rings is 2. The highest BCUT2D eigenvalue weighted by atomic mass is 16.2. The van der Waals surface area contributed by atoms with Gasteiger partial charge in [-0.15, -0.1) is 0 Å². The molecule has 27 heavy (non-hydrogen) atoms. The molecule has 0 aliphatic carbocycles. The lowest BCUT2D eigenvalue weighted by Crippen LogP contribution is -2.24. The number of carbonyl (C=O) groups is 1. The zero-order chi connectivity index (χ0) is 18.8. The SMILES string of the molecule is CC(NCc1c[nH]c(=O)c2ccccc12)c1cccc(N2CCCC2=O)c1. The van der Waals surface area contributed by atoms with Crippen LogP contribution >= 0.6 is 0 Å². The van der Waals surface area contributed by atoms with Crippen LogP contribution in [0.5, 0.6) is 0 Å². The minimum atomic E-state index is -0.0645. The Bertz CT molecular complexity index is 1040. The largest absolute Gasteiger partial charge is 0.328 e. The maximum Gasteiger partial charge on any atom is 0.255 e. The zero-order valence-electron chi connectivity index (χ0n) is 15.4. The highest BCUT2D eigenvalue weighted by Gasteiger charge is 2.22. The summed E-state index contributed by atoms with van der Waals surface area (Å²) in [4.78, 5) is 28.7. The number of hydrogen-bond donors (Lipinski definition) is 2. The smallest absolute Gasteiger partial charge is 0.255 e. The molecule has 4 rings (SSSR count). The maximum atomic E-state index is 12.0. The van der Waals surface area contributed by atoms with Crippen molar-refractivity contribution in [3.8, 4) is 0 Å². The first-order valence-electron chi connectivity index (χ1n) is 9.36. The zero-order valence-corrected chi connectivity index (χ0v) is 15.4. The van der Waals surface area contributed by atoms with E-state index in [1.54, 1.807) is 6.20 Å². The number of fused-ring (bicyclic) bond motifs is 1. The standard InChI is InChI=1S/C22H23N3O2/c1-15(16-6-4-7-18(12-16)25-11-5-10-21(25)26)23-13-17-14-24-22(27)20-9-3-2-8-19(17)20/h2-4,6-9,12,14-15,23H,5,10-11,13H2,1H3,(H,24,27). The average Bonchev–Trinajstić information content (AvgIpc) is 3.13. The third kappa shape index (κ3) is 3.51. The van der Waals surface area contributed by atoms with Crippen LogP contribution in [0.4, 0.5) is 5.69 Å². The molecule has 5 nitrogen and oxygen atoms in total. The molecular weight excluding hydrogens is 338 g/mol. The fourth-order valence-corrected chi connectivity index (χ4v) is 3.68. The lowest BCUT2D eigenvalue weighted by atomic mass is 10.1. The van der Waals surface area contributed by atoms with Gasteiger partial charge in [0.25, 0.3) is 5.56 Å². The van der Waals surface area contributed by atoms with Crippen molar-refractivity contribution in [1.82, 2.24) is 10.3 Å². The van der Waals surface area contributed by atoms with E-state index in [4.69, 9.17) is 0 Å². The number of pyridine rings is 1. The molecule has 1 aromatic heterocycles. The first kappa shape index (κ1) is 17.5. The number of rotatable bonds is 5. The molecule has 0 bridgehead atoms. The van der Waals surface area contributed by atoms with Gasteiger partial charge in [0.15, 0.2) is 0 Å². The number of nitrogens with zero attached hydrogens (tertiary/aromatic N) is 1. The average molecular weight is 361 g/mol. The van der Waals surface area contributed by atoms with Gasteiger partial charge in [0.2, 0.25) is 5.91 Å². The fraction of sp³-hybridized carbons (Fsp3) is 0.273. The Kier molecular flexibility index (Phi) is 4.77. The van der Waals surface area contributed by atoms with Gasteiger partial charge >= 0.3 is 0 Å². The van der Waals surface area contributed by atoms with Crippen LogP contribution in [0, 0.1) is 0 Å². The van der Waals surface area contributed by atoms with Crippen molar-refractivity contribution in [1.29, 1.82) is 0 Å². The molecule has 2 heterocycles. The quantitative estimate of drug-likeness (QED) is 0.731. The first-order valence-corrected chi connectivity index (χ1v) is 9.36. The Balaban J connectivity index is 1.52. The van der Waals surface area contributed by atoms with E-state index in [0.29, 0.717) is 18.4 Å². The number of aromatic amines is 1. The number of aromatic nitrogens is 1. The molecule has 1 unspecified atom stereocenters. The molecule has 138 valence electrons. The second-order valence-electron chi connectivity index (χ2n) is 7.04. The monoisotopic (exact) mass is 361 g/mol. The van der Waals surface area contributed by atoms with E-state index >= 15 is 0 Å². The van der Waals surface area contributed by atoms with Gasteiger partial charge in [0, 0.05) is 42.8 Å². The highest BCUT2D eigenvalue weighted by Crippen LogP contribution is 2.25. The van der Waals surface area contributed by atoms with Crippen LogP contribution in [0.25, 0.3) is 10.8 Å². The Labute approximate surface area is 158 Å². The van der Waals surface area contributed by atoms with Gasteiger partial charge in [-0.3, -0.25) is 9.59 Å². The fourth-order valence-electron chi connectivity index (χ4n) is 3.68. The summed E-state index contributed by atoms with van der Waals surface area (Å²) in [7, 11) is 0. The van der Waals surface area contributed by atoms with Gasteiger partial charge in [-0.05, 0) is 48.1 Å². The van der Waals surface area contributed by atoms with Gasteiger partial charge in [0.05, 0.1) is 0 Å². The van der Waals surface area contributed by atoms with Gasteiger partial charge in [-0.2, -0.15) is 0 Å². The minimum absolute atomic E-state index is 0.0645. The lowest BCUT2D eigenvalue weighted by Gasteiger charge is -2.20. The Morgan fingerprint density at radius 3 is 2.70 bits per heavy atom. The van der Waals surface area contributed by atoms with Crippen molar-refractivity contribution in [3.63, 3.8) is 0 Å². The van der Waals surface area contributed by atoms with Gasteiger partial charge < -0.3 is 15.2 Å². The van der Waals surface area contributed by atoms with E-state index in [9.17, 15) is 9.59 Å². The van der Waals surface area contributed by atoms with Crippen LogP contribution in [0.2, 0.25) is 0 Å². The number of hydrogen-bond acceptors (Lipinski definition) is 3. The molecule has 5 heteroatoms. The summed E-state index contributed by atoms with van der Waals surface area (Å²) in [5.41, 5.74) is 3.10. The predicted molar refractivity (Wildman–Crippen MR) is 108 cm³/mol. The van der Waals surface area contributed by atoms with Crippen LogP contribution in [0.15, 0.2) is 59.5 Å². The topological polar surface area (TPSA) is 65.2 Å². The summed E-state index contributed by atoms with van der Waals surface area (Å²) in [5, 5.41) is 5.21. The number of carbonyl (C=O) groups excluding carboxylic acids is 1. The third-order valence-corrected chi connectivity index (χ3v) is 5.25. The molecule has 1 atom stereocenters. The highest BCUT2D eigenvalue weighted by molar-refractivity contribution is 5.95. The van der Waals surface area contributed by atoms with E-state index in [1.165, 1.54) is 0 Å². The van der Waals surface area contributed by atoms with Crippen LogP contribution in [-0.4, -0.2) is 17.4 Å². The van der Waals surface area contributed by atoms with Gasteiger partial charge in [-0.25, -0.2) is 0 Å². The second kappa shape index (κ2) is 7.37. The summed E-state index contributed by atoms with van der Waals surface area (Å²) in [6.07, 6.45) is 3.34. The Morgan fingerprint density at radius 1 is 1.11 bits per heavy atom. The molecule has 0 radical (unpaired) electrons. The number of amides is 1.